The van der Waals surface area contributed by atoms with Gasteiger partial charge in [-0.1, -0.05) is 38.1 Å². The maximum absolute atomic E-state index is 12.0. The molecule has 0 aliphatic heterocycles. The number of pyridine rings is 2. The molecule has 2 aromatic heterocycles. The molecule has 6 rings (SSSR count). The normalized spacial score (nSPS) is 14.8. The van der Waals surface area contributed by atoms with Crippen LogP contribution in [0.1, 0.15) is 59.4 Å². The zero-order valence-corrected chi connectivity index (χ0v) is 24.8. The van der Waals surface area contributed by atoms with E-state index >= 15 is 0 Å². The fraction of sp³-hybridized carbons (Fsp3) is 0.314. The van der Waals surface area contributed by atoms with E-state index in [2.05, 4.69) is 40.8 Å². The molecule has 0 saturated heterocycles. The molecule has 44 heavy (non-hydrogen) atoms. The second-order valence-corrected chi connectivity index (χ2v) is 11.7. The Kier molecular flexibility index (Phi) is 8.02. The van der Waals surface area contributed by atoms with Crippen LogP contribution in [0.5, 0.6) is 11.5 Å². The number of aliphatic hydroxyl groups is 2. The Morgan fingerprint density at radius 2 is 1.14 bits per heavy atom. The molecule has 1 aliphatic carbocycles. The lowest BCUT2D eigenvalue weighted by molar-refractivity contribution is 0.0470. The molecule has 0 bridgehead atoms. The molecule has 228 valence electrons. The number of aromatic hydroxyl groups is 2. The maximum atomic E-state index is 12.0. The van der Waals surface area contributed by atoms with Crippen LogP contribution < -0.4 is 11.1 Å². The van der Waals surface area contributed by atoms with Gasteiger partial charge in [0.25, 0.3) is 0 Å². The third kappa shape index (κ3) is 5.50. The second-order valence-electron chi connectivity index (χ2n) is 11.7. The fourth-order valence-electron chi connectivity index (χ4n) is 6.78. The molecule has 9 heteroatoms. The van der Waals surface area contributed by atoms with E-state index in [1.54, 1.807) is 24.3 Å². The van der Waals surface area contributed by atoms with E-state index in [-0.39, 0.29) is 52.8 Å². The molecule has 0 amide bonds. The van der Waals surface area contributed by atoms with Crippen molar-refractivity contribution in [3.05, 3.63) is 115 Å². The first-order valence-electron chi connectivity index (χ1n) is 15.1. The molecule has 0 radical (unpaired) electrons. The summed E-state index contributed by atoms with van der Waals surface area (Å²) in [7, 11) is 0. The largest absolute Gasteiger partial charge is 0.506 e. The van der Waals surface area contributed by atoms with E-state index in [0.717, 1.165) is 25.7 Å². The van der Waals surface area contributed by atoms with Crippen LogP contribution in [0.25, 0.3) is 21.8 Å². The van der Waals surface area contributed by atoms with Gasteiger partial charge in [-0.25, -0.2) is 0 Å². The van der Waals surface area contributed by atoms with Crippen molar-refractivity contribution in [2.75, 3.05) is 13.1 Å². The summed E-state index contributed by atoms with van der Waals surface area (Å²) in [6.45, 7) is 4.69. The molecular weight excluding hydrogens is 558 g/mol. The molecule has 9 nitrogen and oxygen atoms in total. The molecule has 2 heterocycles. The van der Waals surface area contributed by atoms with Crippen LogP contribution >= 0.6 is 0 Å². The van der Waals surface area contributed by atoms with Gasteiger partial charge in [-0.3, -0.25) is 14.5 Å². The van der Waals surface area contributed by atoms with Gasteiger partial charge in [0.2, 0.25) is 11.1 Å². The van der Waals surface area contributed by atoms with Crippen molar-refractivity contribution in [3.8, 4) is 11.5 Å². The number of hydrogen-bond acceptors (Lipinski definition) is 7. The number of aliphatic hydroxyl groups excluding tert-OH is 2. The summed E-state index contributed by atoms with van der Waals surface area (Å²) in [4.78, 5) is 31.3. The van der Waals surface area contributed by atoms with Crippen LogP contribution in [0.2, 0.25) is 0 Å². The SMILES string of the molecule is CCc1cc2c(cc1CC)CC(N(C[C@H](O)c1ccc(O)c3[nH]c(=O)ccc13)C[C@H](O)c1ccc(O)c3[nH]c(=O)ccc13)C2. The van der Waals surface area contributed by atoms with Gasteiger partial charge < -0.3 is 30.4 Å². The van der Waals surface area contributed by atoms with Gasteiger partial charge in [-0.05, 0) is 83.3 Å². The van der Waals surface area contributed by atoms with Crippen LogP contribution in [-0.4, -0.2) is 54.4 Å². The lowest BCUT2D eigenvalue weighted by Crippen LogP contribution is -2.41. The highest BCUT2D eigenvalue weighted by Gasteiger charge is 2.32. The molecule has 2 atom stereocenters. The Bertz CT molecular complexity index is 1840. The lowest BCUT2D eigenvalue weighted by atomic mass is 9.97. The third-order valence-electron chi connectivity index (χ3n) is 9.06. The van der Waals surface area contributed by atoms with Crippen LogP contribution in [0, 0.1) is 0 Å². The van der Waals surface area contributed by atoms with Crippen LogP contribution in [0.3, 0.4) is 0 Å². The van der Waals surface area contributed by atoms with Gasteiger partial charge in [0.15, 0.2) is 0 Å². The number of rotatable bonds is 9. The molecule has 3 aromatic carbocycles. The summed E-state index contributed by atoms with van der Waals surface area (Å²) in [5, 5.41) is 45.1. The lowest BCUT2D eigenvalue weighted by Gasteiger charge is -2.33. The van der Waals surface area contributed by atoms with E-state index < -0.39 is 12.2 Å². The maximum Gasteiger partial charge on any atom is 0.248 e. The van der Waals surface area contributed by atoms with E-state index in [1.165, 1.54) is 46.5 Å². The number of nitrogens with one attached hydrogen (secondary N) is 2. The van der Waals surface area contributed by atoms with E-state index in [9.17, 15) is 30.0 Å². The molecule has 0 unspecified atom stereocenters. The number of phenols is 2. The first-order valence-corrected chi connectivity index (χ1v) is 15.1. The monoisotopic (exact) mass is 595 g/mol. The molecule has 0 spiro atoms. The standard InChI is InChI=1S/C35H37N3O6/c1-3-19-13-21-15-23(16-22(21)14-20(19)4-2)38(17-30(41)24-5-9-28(39)34-26(24)7-11-32(43)36-34)18-31(42)25-6-10-29(40)35-27(25)8-12-33(44)37-35/h5-14,23,30-31,39-42H,3-4,15-18H2,1-2H3,(H,36,43)(H,37,44)/t30-,31-/m0/s1. The van der Waals surface area contributed by atoms with Gasteiger partial charge in [-0.2, -0.15) is 0 Å². The Morgan fingerprint density at radius 3 is 1.55 bits per heavy atom. The summed E-state index contributed by atoms with van der Waals surface area (Å²) >= 11 is 0. The Morgan fingerprint density at radius 1 is 0.705 bits per heavy atom. The minimum Gasteiger partial charge on any atom is -0.506 e. The highest BCUT2D eigenvalue weighted by Crippen LogP contribution is 2.35. The molecule has 0 fully saturated rings. The van der Waals surface area contributed by atoms with Gasteiger partial charge in [-0.15, -0.1) is 0 Å². The number of H-pyrrole nitrogens is 2. The first-order chi connectivity index (χ1) is 21.2. The van der Waals surface area contributed by atoms with Crippen molar-refractivity contribution in [3.63, 3.8) is 0 Å². The Hall–Kier alpha value is -4.44. The summed E-state index contributed by atoms with van der Waals surface area (Å²) in [6.07, 6.45) is 1.44. The number of aromatic amines is 2. The number of benzene rings is 3. The number of fused-ring (bicyclic) bond motifs is 3. The summed E-state index contributed by atoms with van der Waals surface area (Å²) < 4.78 is 0. The quantitative estimate of drug-likeness (QED) is 0.150. The fourth-order valence-corrected chi connectivity index (χ4v) is 6.78. The highest BCUT2D eigenvalue weighted by molar-refractivity contribution is 5.88. The number of aromatic nitrogens is 2. The average molecular weight is 596 g/mol. The van der Waals surface area contributed by atoms with Crippen molar-refractivity contribution in [2.45, 2.75) is 57.8 Å². The minimum absolute atomic E-state index is 0.00233. The molecular formula is C35H37N3O6. The number of nitrogens with zero attached hydrogens (tertiary/aromatic N) is 1. The van der Waals surface area contributed by atoms with Crippen LogP contribution in [0.4, 0.5) is 0 Å². The predicted octanol–water partition coefficient (Wildman–Crippen LogP) is 4.14. The molecule has 5 aromatic rings. The zero-order chi connectivity index (χ0) is 31.1. The van der Waals surface area contributed by atoms with Crippen LogP contribution in [0.15, 0.2) is 70.3 Å². The first kappa shape index (κ1) is 29.6. The summed E-state index contributed by atoms with van der Waals surface area (Å²) in [5.41, 5.74) is 6.16. The third-order valence-corrected chi connectivity index (χ3v) is 9.06. The Balaban J connectivity index is 1.36. The van der Waals surface area contributed by atoms with Gasteiger partial charge in [0.05, 0.1) is 23.2 Å². The second kappa shape index (κ2) is 11.9. The van der Waals surface area contributed by atoms with E-state index in [1.807, 2.05) is 0 Å². The Labute approximate surface area is 254 Å². The average Bonchev–Trinajstić information content (AvgIpc) is 3.43. The van der Waals surface area contributed by atoms with Crippen molar-refractivity contribution >= 4 is 21.8 Å². The number of phenolic OH excluding ortho intramolecular Hbond substituents is 2. The van der Waals surface area contributed by atoms with Gasteiger partial charge >= 0.3 is 0 Å². The summed E-state index contributed by atoms with van der Waals surface area (Å²) in [6, 6.07) is 16.8. The van der Waals surface area contributed by atoms with Crippen molar-refractivity contribution in [2.24, 2.45) is 0 Å². The molecule has 6 N–H and O–H groups in total. The van der Waals surface area contributed by atoms with E-state index in [4.69, 9.17) is 0 Å². The molecule has 0 saturated carbocycles. The predicted molar refractivity (Wildman–Crippen MR) is 170 cm³/mol. The zero-order valence-electron chi connectivity index (χ0n) is 24.8. The van der Waals surface area contributed by atoms with Gasteiger partial charge in [0, 0.05) is 42.0 Å². The summed E-state index contributed by atoms with van der Waals surface area (Å²) in [5.74, 6) is -0.161. The van der Waals surface area contributed by atoms with Gasteiger partial charge in [0.1, 0.15) is 11.5 Å². The smallest absolute Gasteiger partial charge is 0.248 e. The van der Waals surface area contributed by atoms with E-state index in [0.29, 0.717) is 21.9 Å². The van der Waals surface area contributed by atoms with Crippen molar-refractivity contribution in [1.82, 2.24) is 14.9 Å². The molecule has 1 aliphatic rings. The topological polar surface area (TPSA) is 150 Å². The van der Waals surface area contributed by atoms with Crippen molar-refractivity contribution in [1.29, 1.82) is 0 Å². The minimum atomic E-state index is -0.995. The number of aryl methyl sites for hydroxylation is 2. The van der Waals surface area contributed by atoms with Crippen molar-refractivity contribution < 1.29 is 20.4 Å². The number of hydrogen-bond donors (Lipinski definition) is 6. The highest BCUT2D eigenvalue weighted by atomic mass is 16.3. The van der Waals surface area contributed by atoms with Crippen LogP contribution in [-0.2, 0) is 25.7 Å².